The van der Waals surface area contributed by atoms with Gasteiger partial charge in [0.25, 0.3) is 0 Å². The number of hydrogen-bond donors (Lipinski definition) is 3. The van der Waals surface area contributed by atoms with Gasteiger partial charge < -0.3 is 10.3 Å². The van der Waals surface area contributed by atoms with Gasteiger partial charge in [0.15, 0.2) is 0 Å². The predicted molar refractivity (Wildman–Crippen MR) is 29.8 cm³/mol. The zero-order valence-corrected chi connectivity index (χ0v) is 5.11. The van der Waals surface area contributed by atoms with E-state index in [2.05, 4.69) is 0 Å². The highest BCUT2D eigenvalue weighted by atomic mass is 16.7. The molecule has 0 bridgehead atoms. The van der Waals surface area contributed by atoms with E-state index in [-0.39, 0.29) is 18.4 Å². The maximum Gasteiger partial charge on any atom is 0.0573 e. The van der Waals surface area contributed by atoms with E-state index in [4.69, 9.17) is 10.3 Å². The zero-order valence-electron chi connectivity index (χ0n) is 5.11. The molecule has 0 amide bonds. The van der Waals surface area contributed by atoms with Gasteiger partial charge in [0.05, 0.1) is 6.61 Å². The van der Waals surface area contributed by atoms with Crippen molar-refractivity contribution >= 4 is 0 Å². The number of aliphatic hydroxyl groups excluding tert-OH is 1. The van der Waals surface area contributed by atoms with E-state index in [0.717, 1.165) is 5.01 Å². The second kappa shape index (κ2) is 4.62. The van der Waals surface area contributed by atoms with Gasteiger partial charge in [-0.15, -0.1) is 0 Å². The maximum atomic E-state index is 9.65. The topological polar surface area (TPSA) is 82.0 Å². The van der Waals surface area contributed by atoms with Crippen molar-refractivity contribution in [2.24, 2.45) is 0 Å². The van der Waals surface area contributed by atoms with Crippen molar-refractivity contribution in [1.82, 2.24) is 15.9 Å². The Morgan fingerprint density at radius 3 is 2.56 bits per heavy atom. The van der Waals surface area contributed by atoms with Crippen molar-refractivity contribution < 1.29 is 10.3 Å². The van der Waals surface area contributed by atoms with E-state index in [1.807, 2.05) is 0 Å². The fourth-order valence-electron chi connectivity index (χ4n) is 0.309. The van der Waals surface area contributed by atoms with Crippen molar-refractivity contribution in [3.8, 4) is 0 Å². The molecule has 0 radical (unpaired) electrons. The first-order valence-corrected chi connectivity index (χ1v) is 2.41. The fourth-order valence-corrected chi connectivity index (χ4v) is 0.309. The molecule has 0 aromatic carbocycles. The number of nitrogens with zero attached hydrogens (tertiary/aromatic N) is 2. The third-order valence-electron chi connectivity index (χ3n) is 0.829. The van der Waals surface area contributed by atoms with Gasteiger partial charge in [0.1, 0.15) is 0 Å². The first-order chi connectivity index (χ1) is 4.22. The molecule has 0 aliphatic heterocycles. The summed E-state index contributed by atoms with van der Waals surface area (Å²) in [4.78, 5) is 0. The van der Waals surface area contributed by atoms with Crippen LogP contribution >= 0.6 is 0 Å². The number of hydrogen-bond acceptors (Lipinski definition) is 6. The monoisotopic (exact) mass is 136 g/mol. The Balaban J connectivity index is 3.32. The minimum absolute atomic E-state index is 0.116. The standard InChI is InChI=1S/C3H10N3O3/c1-5(2-3-7)6(9)4-8/h4,7,9H,2-3H2,1H3/q-1. The van der Waals surface area contributed by atoms with Crippen molar-refractivity contribution in [2.45, 2.75) is 0 Å². The first-order valence-electron chi connectivity index (χ1n) is 2.41. The normalized spacial score (nSPS) is 11.3. The molecule has 0 rings (SSSR count). The van der Waals surface area contributed by atoms with Crippen LogP contribution in [-0.4, -0.2) is 40.8 Å². The van der Waals surface area contributed by atoms with Crippen LogP contribution in [0.15, 0.2) is 0 Å². The van der Waals surface area contributed by atoms with E-state index in [1.54, 1.807) is 0 Å². The van der Waals surface area contributed by atoms with Gasteiger partial charge in [-0.3, -0.25) is 10.8 Å². The van der Waals surface area contributed by atoms with Gasteiger partial charge in [0, 0.05) is 13.6 Å². The number of likely N-dealkylation sites (N-methyl/N-ethyl adjacent to an activating group) is 1. The molecule has 0 aromatic heterocycles. The molecular formula is C3H10N3O3-. The average molecular weight is 136 g/mol. The third-order valence-corrected chi connectivity index (χ3v) is 0.829. The van der Waals surface area contributed by atoms with Crippen LogP contribution in [0.1, 0.15) is 0 Å². The molecule has 0 aliphatic rings. The van der Waals surface area contributed by atoms with E-state index in [0.29, 0.717) is 0 Å². The fraction of sp³-hybridized carbons (Fsp3) is 1.00. The largest absolute Gasteiger partial charge is 0.772 e. The van der Waals surface area contributed by atoms with Crippen molar-refractivity contribution in [1.29, 1.82) is 0 Å². The van der Waals surface area contributed by atoms with Crippen LogP contribution in [0.5, 0.6) is 0 Å². The summed E-state index contributed by atoms with van der Waals surface area (Å²) in [6.45, 7) is 0.0843. The third kappa shape index (κ3) is 3.36. The summed E-state index contributed by atoms with van der Waals surface area (Å²) in [5, 5.41) is 27.8. The summed E-state index contributed by atoms with van der Waals surface area (Å²) in [5.41, 5.74) is 1.20. The number of nitrogens with one attached hydrogen (secondary N) is 1. The summed E-state index contributed by atoms with van der Waals surface area (Å²) < 4.78 is 0. The zero-order chi connectivity index (χ0) is 7.28. The molecule has 0 atom stereocenters. The van der Waals surface area contributed by atoms with Gasteiger partial charge in [-0.2, -0.15) is 0 Å². The number of rotatable bonds is 4. The molecule has 0 unspecified atom stereocenters. The Bertz CT molecular complexity index is 71.3. The van der Waals surface area contributed by atoms with Crippen LogP contribution in [0.3, 0.4) is 0 Å². The average Bonchev–Trinajstić information content (AvgIpc) is 1.87. The lowest BCUT2D eigenvalue weighted by Crippen LogP contribution is -2.45. The van der Waals surface area contributed by atoms with Gasteiger partial charge in [-0.05, 0) is 0 Å². The molecule has 0 saturated heterocycles. The molecule has 6 nitrogen and oxygen atoms in total. The van der Waals surface area contributed by atoms with E-state index in [9.17, 15) is 5.21 Å². The second-order valence-corrected chi connectivity index (χ2v) is 1.49. The smallest absolute Gasteiger partial charge is 0.0573 e. The van der Waals surface area contributed by atoms with Crippen LogP contribution in [0.2, 0.25) is 0 Å². The maximum absolute atomic E-state index is 9.65. The highest BCUT2D eigenvalue weighted by Gasteiger charge is 1.99. The highest BCUT2D eigenvalue weighted by molar-refractivity contribution is 4.36. The SMILES string of the molecule is CN(CCO)N(O)N[O-]. The van der Waals surface area contributed by atoms with E-state index >= 15 is 0 Å². The van der Waals surface area contributed by atoms with Gasteiger partial charge >= 0.3 is 0 Å². The molecular weight excluding hydrogens is 126 g/mol. The molecule has 0 fully saturated rings. The molecule has 3 N–H and O–H groups in total. The predicted octanol–water partition coefficient (Wildman–Crippen LogP) is -1.48. The van der Waals surface area contributed by atoms with E-state index in [1.165, 1.54) is 12.6 Å². The minimum atomic E-state index is -0.116. The van der Waals surface area contributed by atoms with Crippen LogP contribution < -0.4 is 5.59 Å². The molecule has 0 heterocycles. The highest BCUT2D eigenvalue weighted by Crippen LogP contribution is 1.81. The van der Waals surface area contributed by atoms with Gasteiger partial charge in [-0.25, -0.2) is 5.01 Å². The Morgan fingerprint density at radius 2 is 2.22 bits per heavy atom. The molecule has 0 aliphatic carbocycles. The molecule has 0 saturated carbocycles. The van der Waals surface area contributed by atoms with Gasteiger partial charge in [-0.1, -0.05) is 5.28 Å². The van der Waals surface area contributed by atoms with Crippen molar-refractivity contribution in [2.75, 3.05) is 20.2 Å². The van der Waals surface area contributed by atoms with Gasteiger partial charge in [0.2, 0.25) is 0 Å². The summed E-state index contributed by atoms with van der Waals surface area (Å²) in [7, 11) is 1.45. The van der Waals surface area contributed by atoms with Crippen molar-refractivity contribution in [3.63, 3.8) is 0 Å². The summed E-state index contributed by atoms with van der Waals surface area (Å²) in [5.74, 6) is 0. The molecule has 0 aromatic rings. The summed E-state index contributed by atoms with van der Waals surface area (Å²) >= 11 is 0. The van der Waals surface area contributed by atoms with Crippen molar-refractivity contribution in [3.05, 3.63) is 5.21 Å². The van der Waals surface area contributed by atoms with E-state index < -0.39 is 0 Å². The Kier molecular flexibility index (Phi) is 4.50. The van der Waals surface area contributed by atoms with Crippen LogP contribution in [0, 0.1) is 5.21 Å². The first kappa shape index (κ1) is 8.76. The lowest BCUT2D eigenvalue weighted by molar-refractivity contribution is -0.265. The molecule has 0 spiro atoms. The Morgan fingerprint density at radius 1 is 1.67 bits per heavy atom. The van der Waals surface area contributed by atoms with Crippen LogP contribution in [-0.2, 0) is 0 Å². The summed E-state index contributed by atoms with van der Waals surface area (Å²) in [6, 6.07) is 0. The second-order valence-electron chi connectivity index (χ2n) is 1.49. The Labute approximate surface area is 52.8 Å². The minimum Gasteiger partial charge on any atom is -0.772 e. The lowest BCUT2D eigenvalue weighted by Gasteiger charge is -2.27. The lowest BCUT2D eigenvalue weighted by atomic mass is 10.7. The molecule has 56 valence electrons. The quantitative estimate of drug-likeness (QED) is 0.409. The van der Waals surface area contributed by atoms with Crippen LogP contribution in [0.4, 0.5) is 0 Å². The molecule has 9 heavy (non-hydrogen) atoms. The summed E-state index contributed by atoms with van der Waals surface area (Å²) in [6.07, 6.45) is 0. The Hall–Kier alpha value is -0.240. The number of hydrazine groups is 2. The molecule has 6 heteroatoms. The number of aliphatic hydroxyl groups is 1. The van der Waals surface area contributed by atoms with Crippen LogP contribution in [0.25, 0.3) is 0 Å².